The maximum Gasteiger partial charge on any atom is -0.00207 e. The Balaban J connectivity index is 3.74. The van der Waals surface area contributed by atoms with E-state index in [4.69, 9.17) is 5.73 Å². The zero-order chi connectivity index (χ0) is 14.2. The van der Waals surface area contributed by atoms with Crippen LogP contribution in [0.1, 0.15) is 60.8 Å². The van der Waals surface area contributed by atoms with Gasteiger partial charge < -0.3 is 11.1 Å². The summed E-state index contributed by atoms with van der Waals surface area (Å²) in [6.45, 7) is 17.0. The van der Waals surface area contributed by atoms with E-state index in [1.807, 2.05) is 0 Å². The Kier molecular flexibility index (Phi) is 8.89. The average molecular weight is 256 g/mol. The second-order valence-electron chi connectivity index (χ2n) is 7.21. The predicted molar refractivity (Wildman–Crippen MR) is 82.7 cm³/mol. The van der Waals surface area contributed by atoms with Gasteiger partial charge in [0.1, 0.15) is 0 Å². The highest BCUT2D eigenvalue weighted by Gasteiger charge is 2.23. The van der Waals surface area contributed by atoms with Crippen molar-refractivity contribution in [3.63, 3.8) is 0 Å². The summed E-state index contributed by atoms with van der Waals surface area (Å²) in [5, 5.41) is 3.58. The molecule has 0 spiro atoms. The van der Waals surface area contributed by atoms with E-state index in [1.165, 1.54) is 12.8 Å². The minimum atomic E-state index is 0.393. The van der Waals surface area contributed by atoms with Crippen molar-refractivity contribution in [2.45, 2.75) is 60.8 Å². The van der Waals surface area contributed by atoms with Crippen LogP contribution < -0.4 is 11.1 Å². The van der Waals surface area contributed by atoms with Crippen molar-refractivity contribution in [1.82, 2.24) is 5.32 Å². The Labute approximate surface area is 115 Å². The van der Waals surface area contributed by atoms with Crippen LogP contribution in [0.3, 0.4) is 0 Å². The SMILES string of the molecule is CC(C)C(C)CNCCCC(CCN)C(C)(C)C. The largest absolute Gasteiger partial charge is 0.330 e. The molecule has 0 aromatic heterocycles. The predicted octanol–water partition coefficient (Wildman–Crippen LogP) is 3.66. The molecular formula is C16H36N2. The first-order valence-electron chi connectivity index (χ1n) is 7.69. The molecule has 0 heterocycles. The van der Waals surface area contributed by atoms with Crippen LogP contribution in [0, 0.1) is 23.2 Å². The van der Waals surface area contributed by atoms with Crippen LogP contribution in [0.4, 0.5) is 0 Å². The molecule has 2 nitrogen and oxygen atoms in total. The van der Waals surface area contributed by atoms with E-state index in [0.717, 1.165) is 43.8 Å². The second-order valence-corrected chi connectivity index (χ2v) is 7.21. The van der Waals surface area contributed by atoms with E-state index in [9.17, 15) is 0 Å². The van der Waals surface area contributed by atoms with Gasteiger partial charge in [0.25, 0.3) is 0 Å². The highest BCUT2D eigenvalue weighted by Crippen LogP contribution is 2.31. The quantitative estimate of drug-likeness (QED) is 0.618. The van der Waals surface area contributed by atoms with Crippen molar-refractivity contribution in [2.75, 3.05) is 19.6 Å². The summed E-state index contributed by atoms with van der Waals surface area (Å²) in [5.41, 5.74) is 6.11. The van der Waals surface area contributed by atoms with Gasteiger partial charge in [-0.1, -0.05) is 41.5 Å². The summed E-state index contributed by atoms with van der Waals surface area (Å²) >= 11 is 0. The van der Waals surface area contributed by atoms with Crippen LogP contribution in [0.2, 0.25) is 0 Å². The Hall–Kier alpha value is -0.0800. The molecule has 0 radical (unpaired) electrons. The fourth-order valence-corrected chi connectivity index (χ4v) is 2.25. The highest BCUT2D eigenvalue weighted by molar-refractivity contribution is 4.74. The second kappa shape index (κ2) is 8.92. The lowest BCUT2D eigenvalue weighted by Crippen LogP contribution is -2.27. The van der Waals surface area contributed by atoms with E-state index >= 15 is 0 Å². The third kappa shape index (κ3) is 8.10. The number of nitrogens with two attached hydrogens (primary N) is 1. The van der Waals surface area contributed by atoms with Crippen LogP contribution >= 0.6 is 0 Å². The fraction of sp³-hybridized carbons (Fsp3) is 1.00. The van der Waals surface area contributed by atoms with E-state index in [0.29, 0.717) is 5.41 Å². The maximum absolute atomic E-state index is 5.71. The lowest BCUT2D eigenvalue weighted by molar-refractivity contribution is 0.210. The minimum absolute atomic E-state index is 0.393. The number of hydrogen-bond acceptors (Lipinski definition) is 2. The van der Waals surface area contributed by atoms with Gasteiger partial charge in [-0.2, -0.15) is 0 Å². The number of nitrogens with one attached hydrogen (secondary N) is 1. The Morgan fingerprint density at radius 2 is 1.67 bits per heavy atom. The molecule has 0 saturated heterocycles. The summed E-state index contributed by atoms with van der Waals surface area (Å²) < 4.78 is 0. The van der Waals surface area contributed by atoms with Gasteiger partial charge in [0.15, 0.2) is 0 Å². The number of rotatable bonds is 9. The maximum atomic E-state index is 5.71. The molecule has 0 aliphatic heterocycles. The van der Waals surface area contributed by atoms with Gasteiger partial charge in [0.05, 0.1) is 0 Å². The third-order valence-corrected chi connectivity index (χ3v) is 4.25. The molecule has 0 amide bonds. The normalized spacial score (nSPS) is 16.0. The zero-order valence-electron chi connectivity index (χ0n) is 13.6. The summed E-state index contributed by atoms with van der Waals surface area (Å²) in [5.74, 6) is 2.30. The third-order valence-electron chi connectivity index (χ3n) is 4.25. The first kappa shape index (κ1) is 17.9. The van der Waals surface area contributed by atoms with Gasteiger partial charge in [-0.25, -0.2) is 0 Å². The molecule has 110 valence electrons. The molecule has 0 rings (SSSR count). The van der Waals surface area contributed by atoms with Gasteiger partial charge in [0, 0.05) is 0 Å². The molecule has 0 aliphatic carbocycles. The van der Waals surface area contributed by atoms with E-state index in [-0.39, 0.29) is 0 Å². The summed E-state index contributed by atoms with van der Waals surface area (Å²) in [6.07, 6.45) is 3.72. The monoisotopic (exact) mass is 256 g/mol. The van der Waals surface area contributed by atoms with E-state index < -0.39 is 0 Å². The van der Waals surface area contributed by atoms with E-state index in [1.54, 1.807) is 0 Å². The van der Waals surface area contributed by atoms with Crippen LogP contribution in [0.25, 0.3) is 0 Å². The van der Waals surface area contributed by atoms with Crippen LogP contribution in [-0.4, -0.2) is 19.6 Å². The fourth-order valence-electron chi connectivity index (χ4n) is 2.25. The molecule has 0 bridgehead atoms. The van der Waals surface area contributed by atoms with Crippen molar-refractivity contribution in [3.05, 3.63) is 0 Å². The Morgan fingerprint density at radius 1 is 1.06 bits per heavy atom. The zero-order valence-corrected chi connectivity index (χ0v) is 13.6. The Morgan fingerprint density at radius 3 is 2.11 bits per heavy atom. The van der Waals surface area contributed by atoms with Crippen LogP contribution in [-0.2, 0) is 0 Å². The van der Waals surface area contributed by atoms with Gasteiger partial charge in [-0.3, -0.25) is 0 Å². The number of hydrogen-bond donors (Lipinski definition) is 2. The van der Waals surface area contributed by atoms with Crippen molar-refractivity contribution >= 4 is 0 Å². The molecule has 0 saturated carbocycles. The van der Waals surface area contributed by atoms with Gasteiger partial charge in [-0.05, 0) is 62.1 Å². The lowest BCUT2D eigenvalue weighted by atomic mass is 9.76. The molecular weight excluding hydrogens is 220 g/mol. The van der Waals surface area contributed by atoms with Gasteiger partial charge in [0.2, 0.25) is 0 Å². The van der Waals surface area contributed by atoms with Crippen molar-refractivity contribution < 1.29 is 0 Å². The molecule has 2 atom stereocenters. The first-order chi connectivity index (χ1) is 8.29. The van der Waals surface area contributed by atoms with Crippen LogP contribution in [0.5, 0.6) is 0 Å². The molecule has 18 heavy (non-hydrogen) atoms. The molecule has 0 aromatic rings. The highest BCUT2D eigenvalue weighted by atomic mass is 14.9. The summed E-state index contributed by atoms with van der Waals surface area (Å²) in [4.78, 5) is 0. The molecule has 2 heteroatoms. The lowest BCUT2D eigenvalue weighted by Gasteiger charge is -2.30. The first-order valence-corrected chi connectivity index (χ1v) is 7.69. The van der Waals surface area contributed by atoms with Crippen molar-refractivity contribution in [2.24, 2.45) is 28.9 Å². The molecule has 0 fully saturated rings. The van der Waals surface area contributed by atoms with Crippen molar-refractivity contribution in [3.8, 4) is 0 Å². The van der Waals surface area contributed by atoms with Gasteiger partial charge >= 0.3 is 0 Å². The Bertz CT molecular complexity index is 194. The molecule has 2 unspecified atom stereocenters. The van der Waals surface area contributed by atoms with Crippen molar-refractivity contribution in [1.29, 1.82) is 0 Å². The minimum Gasteiger partial charge on any atom is -0.330 e. The smallest absolute Gasteiger partial charge is 0.00207 e. The summed E-state index contributed by atoms with van der Waals surface area (Å²) in [6, 6.07) is 0. The van der Waals surface area contributed by atoms with E-state index in [2.05, 4.69) is 46.9 Å². The molecule has 0 aliphatic rings. The molecule has 3 N–H and O–H groups in total. The topological polar surface area (TPSA) is 38.0 Å². The molecule has 0 aromatic carbocycles. The average Bonchev–Trinajstić information content (AvgIpc) is 2.25. The van der Waals surface area contributed by atoms with Gasteiger partial charge in [-0.15, -0.1) is 0 Å². The summed E-state index contributed by atoms with van der Waals surface area (Å²) in [7, 11) is 0. The van der Waals surface area contributed by atoms with Crippen LogP contribution in [0.15, 0.2) is 0 Å². The standard InChI is InChI=1S/C16H36N2/c1-13(2)14(3)12-18-11-7-8-15(9-10-17)16(4,5)6/h13-15,18H,7-12,17H2,1-6H3.